The summed E-state index contributed by atoms with van der Waals surface area (Å²) in [5.41, 5.74) is 0.0766. The molecule has 0 bridgehead atoms. The van der Waals surface area contributed by atoms with Crippen molar-refractivity contribution in [2.45, 2.75) is 34.1 Å². The molecule has 1 heterocycles. The molecule has 1 rings (SSSR count). The zero-order valence-corrected chi connectivity index (χ0v) is 11.7. The van der Waals surface area contributed by atoms with Crippen LogP contribution >= 0.6 is 0 Å². The van der Waals surface area contributed by atoms with Gasteiger partial charge < -0.3 is 15.3 Å². The van der Waals surface area contributed by atoms with Crippen LogP contribution in [-0.4, -0.2) is 41.6 Å². The van der Waals surface area contributed by atoms with E-state index >= 15 is 0 Å². The fourth-order valence-electron chi connectivity index (χ4n) is 2.01. The van der Waals surface area contributed by atoms with Crippen LogP contribution in [0.1, 0.15) is 34.1 Å². The number of amides is 2. The summed E-state index contributed by atoms with van der Waals surface area (Å²) in [6.45, 7) is 9.61. The van der Waals surface area contributed by atoms with Gasteiger partial charge in [0.15, 0.2) is 0 Å². The van der Waals surface area contributed by atoms with E-state index in [1.54, 1.807) is 4.90 Å². The molecule has 0 spiro atoms. The van der Waals surface area contributed by atoms with Gasteiger partial charge >= 0.3 is 12.0 Å². The zero-order chi connectivity index (χ0) is 13.9. The predicted molar refractivity (Wildman–Crippen MR) is 69.3 cm³/mol. The Bertz CT molecular complexity index is 328. The van der Waals surface area contributed by atoms with Crippen LogP contribution in [0.3, 0.4) is 0 Å². The first-order chi connectivity index (χ1) is 8.26. The molecule has 1 fully saturated rings. The van der Waals surface area contributed by atoms with Crippen molar-refractivity contribution >= 4 is 12.0 Å². The van der Waals surface area contributed by atoms with Crippen LogP contribution < -0.4 is 5.32 Å². The molecular weight excluding hydrogens is 232 g/mol. The molecule has 18 heavy (non-hydrogen) atoms. The highest BCUT2D eigenvalue weighted by Gasteiger charge is 2.37. The van der Waals surface area contributed by atoms with Gasteiger partial charge in [-0.15, -0.1) is 0 Å². The van der Waals surface area contributed by atoms with E-state index in [0.717, 1.165) is 6.42 Å². The summed E-state index contributed by atoms with van der Waals surface area (Å²) in [5, 5.41) is 11.9. The van der Waals surface area contributed by atoms with E-state index in [2.05, 4.69) is 26.1 Å². The lowest BCUT2D eigenvalue weighted by molar-refractivity contribution is -0.142. The number of nitrogens with one attached hydrogen (secondary N) is 1. The topological polar surface area (TPSA) is 69.6 Å². The number of hydrogen-bond donors (Lipinski definition) is 2. The van der Waals surface area contributed by atoms with Crippen molar-refractivity contribution in [3.63, 3.8) is 0 Å². The maximum Gasteiger partial charge on any atom is 0.317 e. The molecule has 1 aliphatic rings. The van der Waals surface area contributed by atoms with Gasteiger partial charge in [-0.3, -0.25) is 4.79 Å². The second-order valence-corrected chi connectivity index (χ2v) is 6.00. The normalized spacial score (nSPS) is 24.1. The van der Waals surface area contributed by atoms with E-state index < -0.39 is 11.9 Å². The van der Waals surface area contributed by atoms with Crippen LogP contribution in [0.5, 0.6) is 0 Å². The summed E-state index contributed by atoms with van der Waals surface area (Å²) < 4.78 is 0. The molecular formula is C13H24N2O3. The van der Waals surface area contributed by atoms with Crippen molar-refractivity contribution in [2.24, 2.45) is 17.3 Å². The molecule has 0 radical (unpaired) electrons. The first-order valence-electron chi connectivity index (χ1n) is 6.52. The Morgan fingerprint density at radius 3 is 2.44 bits per heavy atom. The molecule has 0 aromatic rings. The Labute approximate surface area is 109 Å². The first-order valence-corrected chi connectivity index (χ1v) is 6.52. The third kappa shape index (κ3) is 3.62. The average molecular weight is 256 g/mol. The summed E-state index contributed by atoms with van der Waals surface area (Å²) in [4.78, 5) is 24.5. The van der Waals surface area contributed by atoms with E-state index in [9.17, 15) is 9.59 Å². The lowest BCUT2D eigenvalue weighted by atomic mass is 9.90. The van der Waals surface area contributed by atoms with E-state index in [0.29, 0.717) is 19.6 Å². The number of carbonyl (C=O) groups excluding carboxylic acids is 1. The molecule has 2 N–H and O–H groups in total. The fourth-order valence-corrected chi connectivity index (χ4v) is 2.01. The number of aliphatic carboxylic acids is 1. The lowest BCUT2D eigenvalue weighted by Crippen LogP contribution is -2.42. The van der Waals surface area contributed by atoms with Crippen LogP contribution in [0, 0.1) is 17.3 Å². The maximum absolute atomic E-state index is 11.9. The predicted octanol–water partition coefficient (Wildman–Crippen LogP) is 1.78. The molecule has 0 saturated carbocycles. The van der Waals surface area contributed by atoms with Crippen LogP contribution in [0.15, 0.2) is 0 Å². The van der Waals surface area contributed by atoms with E-state index in [4.69, 9.17) is 5.11 Å². The highest BCUT2D eigenvalue weighted by molar-refractivity contribution is 5.77. The maximum atomic E-state index is 11.9. The van der Waals surface area contributed by atoms with Gasteiger partial charge in [-0.1, -0.05) is 27.7 Å². The van der Waals surface area contributed by atoms with Gasteiger partial charge in [-0.2, -0.15) is 0 Å². The van der Waals surface area contributed by atoms with Crippen molar-refractivity contribution in [3.05, 3.63) is 0 Å². The van der Waals surface area contributed by atoms with Gasteiger partial charge in [-0.05, 0) is 17.8 Å². The van der Waals surface area contributed by atoms with Gasteiger partial charge in [0.1, 0.15) is 0 Å². The monoisotopic (exact) mass is 256 g/mol. The Kier molecular flexibility index (Phi) is 4.59. The van der Waals surface area contributed by atoms with Crippen LogP contribution in [0.4, 0.5) is 4.79 Å². The van der Waals surface area contributed by atoms with Gasteiger partial charge in [0.05, 0.1) is 5.92 Å². The second kappa shape index (κ2) is 5.59. The second-order valence-electron chi connectivity index (χ2n) is 6.00. The van der Waals surface area contributed by atoms with E-state index in [-0.39, 0.29) is 17.4 Å². The number of carboxylic acid groups (broad SMARTS) is 1. The van der Waals surface area contributed by atoms with Gasteiger partial charge in [0.2, 0.25) is 0 Å². The summed E-state index contributed by atoms with van der Waals surface area (Å²) in [7, 11) is 0. The first kappa shape index (κ1) is 14.8. The van der Waals surface area contributed by atoms with E-state index in [1.807, 2.05) is 6.92 Å². The molecule has 0 aromatic heterocycles. The number of carbonyl (C=O) groups is 2. The molecule has 0 aromatic carbocycles. The fraction of sp³-hybridized carbons (Fsp3) is 0.846. The SMILES string of the molecule is CCC(C)(C)CNC(=O)N1C[C@@H](C)[C@H](C(=O)O)C1. The molecule has 2 atom stereocenters. The summed E-state index contributed by atoms with van der Waals surface area (Å²) >= 11 is 0. The minimum atomic E-state index is -0.813. The quantitative estimate of drug-likeness (QED) is 0.805. The molecule has 5 nitrogen and oxygen atoms in total. The lowest BCUT2D eigenvalue weighted by Gasteiger charge is -2.25. The molecule has 104 valence electrons. The number of nitrogens with zero attached hydrogens (tertiary/aromatic N) is 1. The highest BCUT2D eigenvalue weighted by atomic mass is 16.4. The largest absolute Gasteiger partial charge is 0.481 e. The molecule has 0 unspecified atom stereocenters. The van der Waals surface area contributed by atoms with Crippen molar-refractivity contribution in [1.82, 2.24) is 10.2 Å². The Hall–Kier alpha value is -1.26. The minimum Gasteiger partial charge on any atom is -0.481 e. The number of urea groups is 1. The average Bonchev–Trinajstić information content (AvgIpc) is 2.68. The Balaban J connectivity index is 2.47. The summed E-state index contributed by atoms with van der Waals surface area (Å²) in [6, 6.07) is -0.146. The van der Waals surface area contributed by atoms with Crippen LogP contribution in [-0.2, 0) is 4.79 Å². The Morgan fingerprint density at radius 1 is 1.39 bits per heavy atom. The van der Waals surface area contributed by atoms with Gasteiger partial charge in [-0.25, -0.2) is 4.79 Å². The summed E-state index contributed by atoms with van der Waals surface area (Å²) in [6.07, 6.45) is 0.988. The van der Waals surface area contributed by atoms with E-state index in [1.165, 1.54) is 0 Å². The third-order valence-electron chi connectivity index (χ3n) is 3.89. The van der Waals surface area contributed by atoms with Crippen molar-refractivity contribution < 1.29 is 14.7 Å². The van der Waals surface area contributed by atoms with Crippen molar-refractivity contribution in [3.8, 4) is 0 Å². The number of likely N-dealkylation sites (tertiary alicyclic amines) is 1. The molecule has 1 saturated heterocycles. The smallest absolute Gasteiger partial charge is 0.317 e. The molecule has 5 heteroatoms. The molecule has 0 aliphatic carbocycles. The van der Waals surface area contributed by atoms with Crippen molar-refractivity contribution in [2.75, 3.05) is 19.6 Å². The van der Waals surface area contributed by atoms with Crippen molar-refractivity contribution in [1.29, 1.82) is 0 Å². The number of rotatable bonds is 4. The number of carboxylic acids is 1. The van der Waals surface area contributed by atoms with Gasteiger partial charge in [0, 0.05) is 19.6 Å². The zero-order valence-electron chi connectivity index (χ0n) is 11.7. The standard InChI is InChI=1S/C13H24N2O3/c1-5-13(3,4)8-14-12(18)15-6-9(2)10(7-15)11(16)17/h9-10H,5-8H2,1-4H3,(H,14,18)(H,16,17)/t9-,10-/m1/s1. The molecule has 1 aliphatic heterocycles. The number of hydrogen-bond acceptors (Lipinski definition) is 2. The molecule has 2 amide bonds. The third-order valence-corrected chi connectivity index (χ3v) is 3.89. The Morgan fingerprint density at radius 2 is 2.00 bits per heavy atom. The van der Waals surface area contributed by atoms with Crippen LogP contribution in [0.2, 0.25) is 0 Å². The minimum absolute atomic E-state index is 0.0208. The highest BCUT2D eigenvalue weighted by Crippen LogP contribution is 2.23. The van der Waals surface area contributed by atoms with Crippen LogP contribution in [0.25, 0.3) is 0 Å². The van der Waals surface area contributed by atoms with Gasteiger partial charge in [0.25, 0.3) is 0 Å². The summed E-state index contributed by atoms with van der Waals surface area (Å²) in [5.74, 6) is -1.23.